The van der Waals surface area contributed by atoms with Gasteiger partial charge in [-0.05, 0) is 37.0 Å². The summed E-state index contributed by atoms with van der Waals surface area (Å²) in [6, 6.07) is 6.54. The smallest absolute Gasteiger partial charge is 0.127 e. The highest BCUT2D eigenvalue weighted by Crippen LogP contribution is 2.36. The van der Waals surface area contributed by atoms with Gasteiger partial charge in [-0.2, -0.15) is 0 Å². The van der Waals surface area contributed by atoms with E-state index in [0.29, 0.717) is 6.04 Å². The molecule has 15 heavy (non-hydrogen) atoms. The number of methoxy groups -OCH3 is 1. The molecule has 0 amide bonds. The number of hydrogen-bond donors (Lipinski definition) is 1. The van der Waals surface area contributed by atoms with Crippen molar-refractivity contribution in [2.24, 2.45) is 0 Å². The molecule has 0 saturated carbocycles. The molecule has 0 aliphatic rings. The van der Waals surface area contributed by atoms with E-state index in [-0.39, 0.29) is 0 Å². The van der Waals surface area contributed by atoms with Crippen molar-refractivity contribution in [2.45, 2.75) is 13.0 Å². The second-order valence-corrected chi connectivity index (χ2v) is 4.45. The first-order valence-electron chi connectivity index (χ1n) is 4.99. The number of hydrogen-bond acceptors (Lipinski definition) is 3. The van der Waals surface area contributed by atoms with Crippen molar-refractivity contribution in [1.29, 1.82) is 0 Å². The molecule has 1 unspecified atom stereocenters. The summed E-state index contributed by atoms with van der Waals surface area (Å²) in [5.41, 5.74) is 1.31. The van der Waals surface area contributed by atoms with Gasteiger partial charge in [-0.15, -0.1) is 11.3 Å². The highest BCUT2D eigenvalue weighted by molar-refractivity contribution is 7.17. The van der Waals surface area contributed by atoms with Gasteiger partial charge in [0.25, 0.3) is 0 Å². The maximum Gasteiger partial charge on any atom is 0.127 e. The summed E-state index contributed by atoms with van der Waals surface area (Å²) < 4.78 is 6.68. The number of thiophene rings is 1. The van der Waals surface area contributed by atoms with Crippen LogP contribution >= 0.6 is 11.3 Å². The standard InChI is InChI=1S/C12H15NOS/c1-8(13-2)9-7-15-11-6-4-5-10(14-3)12(9)11/h4-8,13H,1-3H3. The van der Waals surface area contributed by atoms with Crippen LogP contribution in [0.5, 0.6) is 5.75 Å². The minimum Gasteiger partial charge on any atom is -0.496 e. The largest absolute Gasteiger partial charge is 0.496 e. The van der Waals surface area contributed by atoms with Crippen molar-refractivity contribution >= 4 is 21.4 Å². The average molecular weight is 221 g/mol. The van der Waals surface area contributed by atoms with Gasteiger partial charge in [0.1, 0.15) is 5.75 Å². The SMILES string of the molecule is CNC(C)c1csc2cccc(OC)c12. The monoisotopic (exact) mass is 221 g/mol. The lowest BCUT2D eigenvalue weighted by Crippen LogP contribution is -2.11. The van der Waals surface area contributed by atoms with Gasteiger partial charge in [0.15, 0.2) is 0 Å². The Kier molecular flexibility index (Phi) is 2.93. The Morgan fingerprint density at radius 2 is 2.20 bits per heavy atom. The summed E-state index contributed by atoms with van der Waals surface area (Å²) in [5.74, 6) is 0.964. The van der Waals surface area contributed by atoms with E-state index in [4.69, 9.17) is 4.74 Å². The fraction of sp³-hybridized carbons (Fsp3) is 0.333. The van der Waals surface area contributed by atoms with Gasteiger partial charge in [0.2, 0.25) is 0 Å². The summed E-state index contributed by atoms with van der Waals surface area (Å²) in [6.45, 7) is 2.16. The van der Waals surface area contributed by atoms with Gasteiger partial charge in [0.05, 0.1) is 7.11 Å². The molecule has 1 N–H and O–H groups in total. The number of benzene rings is 1. The van der Waals surface area contributed by atoms with Gasteiger partial charge in [-0.25, -0.2) is 0 Å². The Hall–Kier alpha value is -1.06. The van der Waals surface area contributed by atoms with Gasteiger partial charge < -0.3 is 10.1 Å². The van der Waals surface area contributed by atoms with E-state index in [9.17, 15) is 0 Å². The van der Waals surface area contributed by atoms with Gasteiger partial charge >= 0.3 is 0 Å². The van der Waals surface area contributed by atoms with E-state index in [1.54, 1.807) is 18.4 Å². The van der Waals surface area contributed by atoms with Crippen molar-refractivity contribution in [3.05, 3.63) is 29.1 Å². The van der Waals surface area contributed by atoms with Crippen molar-refractivity contribution in [3.8, 4) is 5.75 Å². The maximum atomic E-state index is 5.40. The Bertz CT molecular complexity index is 464. The van der Waals surface area contributed by atoms with Crippen LogP contribution in [0.1, 0.15) is 18.5 Å². The van der Waals surface area contributed by atoms with Crippen LogP contribution in [-0.4, -0.2) is 14.2 Å². The minimum atomic E-state index is 0.357. The summed E-state index contributed by atoms with van der Waals surface area (Å²) in [6.07, 6.45) is 0. The molecule has 3 heteroatoms. The normalized spacial score (nSPS) is 13.0. The van der Waals surface area contributed by atoms with Crippen LogP contribution in [0.3, 0.4) is 0 Å². The number of fused-ring (bicyclic) bond motifs is 1. The lowest BCUT2D eigenvalue weighted by molar-refractivity contribution is 0.419. The zero-order chi connectivity index (χ0) is 10.8. The topological polar surface area (TPSA) is 21.3 Å². The molecule has 0 aliphatic heterocycles. The summed E-state index contributed by atoms with van der Waals surface area (Å²) >= 11 is 1.77. The van der Waals surface area contributed by atoms with Crippen molar-refractivity contribution < 1.29 is 4.74 Å². The molecular weight excluding hydrogens is 206 g/mol. The van der Waals surface area contributed by atoms with E-state index >= 15 is 0 Å². The first-order chi connectivity index (χ1) is 7.27. The summed E-state index contributed by atoms with van der Waals surface area (Å²) in [5, 5.41) is 6.71. The van der Waals surface area contributed by atoms with Crippen LogP contribution in [0.2, 0.25) is 0 Å². The van der Waals surface area contributed by atoms with E-state index < -0.39 is 0 Å². The molecule has 1 heterocycles. The quantitative estimate of drug-likeness (QED) is 0.859. The molecule has 1 aromatic carbocycles. The molecule has 80 valence electrons. The third-order valence-electron chi connectivity index (χ3n) is 2.71. The van der Waals surface area contributed by atoms with Crippen molar-refractivity contribution in [3.63, 3.8) is 0 Å². The maximum absolute atomic E-state index is 5.40. The first-order valence-corrected chi connectivity index (χ1v) is 5.87. The van der Waals surface area contributed by atoms with E-state index in [0.717, 1.165) is 5.75 Å². The lowest BCUT2D eigenvalue weighted by atomic mass is 10.1. The highest BCUT2D eigenvalue weighted by Gasteiger charge is 2.13. The van der Waals surface area contributed by atoms with Crippen LogP contribution in [-0.2, 0) is 0 Å². The van der Waals surface area contributed by atoms with Crippen LogP contribution < -0.4 is 10.1 Å². The molecule has 2 rings (SSSR count). The molecule has 1 atom stereocenters. The predicted molar refractivity (Wildman–Crippen MR) is 65.9 cm³/mol. The summed E-state index contributed by atoms with van der Waals surface area (Å²) in [4.78, 5) is 0. The molecule has 0 fully saturated rings. The molecule has 2 nitrogen and oxygen atoms in total. The summed E-state index contributed by atoms with van der Waals surface area (Å²) in [7, 11) is 3.70. The molecule has 2 aromatic rings. The molecule has 0 aliphatic carbocycles. The zero-order valence-electron chi connectivity index (χ0n) is 9.20. The second-order valence-electron chi connectivity index (χ2n) is 3.53. The fourth-order valence-corrected chi connectivity index (χ4v) is 2.79. The van der Waals surface area contributed by atoms with Crippen LogP contribution in [0, 0.1) is 0 Å². The van der Waals surface area contributed by atoms with Crippen LogP contribution in [0.4, 0.5) is 0 Å². The first kappa shape index (κ1) is 10.5. The van der Waals surface area contributed by atoms with Crippen LogP contribution in [0.15, 0.2) is 23.6 Å². The highest BCUT2D eigenvalue weighted by atomic mass is 32.1. The van der Waals surface area contributed by atoms with E-state index in [2.05, 4.69) is 23.7 Å². The Morgan fingerprint density at radius 3 is 2.87 bits per heavy atom. The van der Waals surface area contributed by atoms with E-state index in [1.165, 1.54) is 15.6 Å². The molecule has 0 spiro atoms. The second kappa shape index (κ2) is 4.21. The molecule has 1 aromatic heterocycles. The minimum absolute atomic E-state index is 0.357. The Balaban J connectivity index is 2.65. The fourth-order valence-electron chi connectivity index (χ4n) is 1.72. The van der Waals surface area contributed by atoms with Crippen molar-refractivity contribution in [2.75, 3.05) is 14.2 Å². The number of rotatable bonds is 3. The third-order valence-corrected chi connectivity index (χ3v) is 3.67. The zero-order valence-corrected chi connectivity index (χ0v) is 10.0. The average Bonchev–Trinajstić information content (AvgIpc) is 2.71. The van der Waals surface area contributed by atoms with Gasteiger partial charge in [0, 0.05) is 16.1 Å². The van der Waals surface area contributed by atoms with Crippen molar-refractivity contribution in [1.82, 2.24) is 5.32 Å². The van der Waals surface area contributed by atoms with E-state index in [1.807, 2.05) is 19.2 Å². The predicted octanol–water partition coefficient (Wildman–Crippen LogP) is 3.19. The molecule has 0 bridgehead atoms. The third kappa shape index (κ3) is 1.73. The number of nitrogens with one attached hydrogen (secondary N) is 1. The van der Waals surface area contributed by atoms with Gasteiger partial charge in [-0.1, -0.05) is 6.07 Å². The molecule has 0 radical (unpaired) electrons. The molecule has 0 saturated heterocycles. The van der Waals surface area contributed by atoms with Gasteiger partial charge in [-0.3, -0.25) is 0 Å². The lowest BCUT2D eigenvalue weighted by Gasteiger charge is -2.10. The molecular formula is C12H15NOS. The Morgan fingerprint density at radius 1 is 1.40 bits per heavy atom. The number of ether oxygens (including phenoxy) is 1. The Labute approximate surface area is 93.9 Å². The van der Waals surface area contributed by atoms with Crippen LogP contribution in [0.25, 0.3) is 10.1 Å².